The molecule has 0 amide bonds. The van der Waals surface area contributed by atoms with Crippen LogP contribution in [0, 0.1) is 0 Å². The van der Waals surface area contributed by atoms with Gasteiger partial charge in [-0.05, 0) is 41.8 Å². The summed E-state index contributed by atoms with van der Waals surface area (Å²) >= 11 is 0. The van der Waals surface area contributed by atoms with Crippen LogP contribution in [0.25, 0.3) is 17.0 Å². The minimum atomic E-state index is -0.311. The van der Waals surface area contributed by atoms with E-state index in [2.05, 4.69) is 53.3 Å². The maximum absolute atomic E-state index is 11.4. The predicted octanol–water partition coefficient (Wildman–Crippen LogP) is 4.10. The van der Waals surface area contributed by atoms with Crippen LogP contribution in [0.2, 0.25) is 0 Å². The average Bonchev–Trinajstić information content (AvgIpc) is 3.11. The summed E-state index contributed by atoms with van der Waals surface area (Å²) in [6, 6.07) is 15.9. The lowest BCUT2D eigenvalue weighted by molar-refractivity contribution is 0.0600. The number of H-pyrrole nitrogens is 1. The zero-order valence-corrected chi connectivity index (χ0v) is 14.5. The van der Waals surface area contributed by atoms with E-state index in [-0.39, 0.29) is 5.97 Å². The van der Waals surface area contributed by atoms with E-state index in [1.807, 2.05) is 18.3 Å². The highest BCUT2D eigenvalue weighted by Gasteiger charge is 2.05. The Kier molecular flexibility index (Phi) is 5.31. The lowest BCUT2D eigenvalue weighted by atomic mass is 10.1. The van der Waals surface area contributed by atoms with Crippen LogP contribution < -0.4 is 0 Å². The third-order valence-corrected chi connectivity index (χ3v) is 4.17. The van der Waals surface area contributed by atoms with E-state index in [0.29, 0.717) is 5.56 Å². The van der Waals surface area contributed by atoms with E-state index in [9.17, 15) is 4.79 Å². The molecule has 0 atom stereocenters. The molecule has 0 radical (unpaired) electrons. The van der Waals surface area contributed by atoms with Gasteiger partial charge in [-0.3, -0.25) is 4.90 Å². The number of benzene rings is 2. The minimum Gasteiger partial charge on any atom is -0.465 e. The molecule has 0 saturated heterocycles. The molecule has 0 unspecified atom stereocenters. The van der Waals surface area contributed by atoms with Crippen molar-refractivity contribution in [1.29, 1.82) is 0 Å². The van der Waals surface area contributed by atoms with Crippen LogP contribution >= 0.6 is 0 Å². The molecule has 1 N–H and O–H groups in total. The van der Waals surface area contributed by atoms with Crippen molar-refractivity contribution < 1.29 is 9.53 Å². The molecule has 1 heterocycles. The first-order valence-electron chi connectivity index (χ1n) is 8.26. The molecule has 0 aliphatic heterocycles. The molecule has 0 spiro atoms. The second kappa shape index (κ2) is 7.81. The minimum absolute atomic E-state index is 0.311. The maximum Gasteiger partial charge on any atom is 0.337 e. The van der Waals surface area contributed by atoms with E-state index < -0.39 is 0 Å². The molecular formula is C21H22N2O2. The van der Waals surface area contributed by atoms with Gasteiger partial charge >= 0.3 is 5.97 Å². The third kappa shape index (κ3) is 4.17. The lowest BCUT2D eigenvalue weighted by Crippen LogP contribution is -2.17. The molecule has 0 aliphatic carbocycles. The van der Waals surface area contributed by atoms with Crippen molar-refractivity contribution in [2.45, 2.75) is 6.54 Å². The van der Waals surface area contributed by atoms with Gasteiger partial charge < -0.3 is 9.72 Å². The Morgan fingerprint density at radius 1 is 1.16 bits per heavy atom. The van der Waals surface area contributed by atoms with Crippen molar-refractivity contribution in [3.05, 3.63) is 77.5 Å². The fourth-order valence-electron chi connectivity index (χ4n) is 2.85. The van der Waals surface area contributed by atoms with Crippen LogP contribution in [0.5, 0.6) is 0 Å². The highest BCUT2D eigenvalue weighted by molar-refractivity contribution is 5.89. The Bertz CT molecular complexity index is 878. The van der Waals surface area contributed by atoms with Gasteiger partial charge in [0.05, 0.1) is 12.7 Å². The average molecular weight is 334 g/mol. The number of carbonyl (C=O) groups excluding carboxylic acids is 1. The molecule has 25 heavy (non-hydrogen) atoms. The monoisotopic (exact) mass is 334 g/mol. The zero-order valence-electron chi connectivity index (χ0n) is 14.5. The van der Waals surface area contributed by atoms with Crippen molar-refractivity contribution in [3.8, 4) is 0 Å². The number of aromatic amines is 1. The molecular weight excluding hydrogens is 312 g/mol. The van der Waals surface area contributed by atoms with Crippen LogP contribution in [-0.2, 0) is 11.3 Å². The van der Waals surface area contributed by atoms with Gasteiger partial charge in [0, 0.05) is 24.8 Å². The number of hydrogen-bond donors (Lipinski definition) is 1. The Hall–Kier alpha value is -2.85. The molecule has 3 aromatic rings. The Balaban J connectivity index is 1.58. The van der Waals surface area contributed by atoms with Crippen molar-refractivity contribution >= 4 is 22.9 Å². The molecule has 128 valence electrons. The van der Waals surface area contributed by atoms with E-state index in [1.165, 1.54) is 23.6 Å². The number of esters is 1. The first kappa shape index (κ1) is 17.0. The predicted molar refractivity (Wildman–Crippen MR) is 101 cm³/mol. The van der Waals surface area contributed by atoms with Crippen molar-refractivity contribution in [3.63, 3.8) is 0 Å². The molecule has 4 heteroatoms. The van der Waals surface area contributed by atoms with Gasteiger partial charge in [-0.15, -0.1) is 0 Å². The van der Waals surface area contributed by atoms with E-state index in [0.717, 1.165) is 18.7 Å². The number of fused-ring (bicyclic) bond motifs is 1. The maximum atomic E-state index is 11.4. The van der Waals surface area contributed by atoms with Gasteiger partial charge in [-0.2, -0.15) is 0 Å². The van der Waals surface area contributed by atoms with Gasteiger partial charge in [0.25, 0.3) is 0 Å². The Labute approximate surface area is 147 Å². The summed E-state index contributed by atoms with van der Waals surface area (Å²) < 4.78 is 4.70. The molecule has 0 aliphatic rings. The smallest absolute Gasteiger partial charge is 0.337 e. The highest BCUT2D eigenvalue weighted by Crippen LogP contribution is 2.18. The fraction of sp³-hybridized carbons (Fsp3) is 0.190. The quantitative estimate of drug-likeness (QED) is 0.690. The number of para-hydroxylation sites is 1. The zero-order chi connectivity index (χ0) is 17.6. The molecule has 0 fully saturated rings. The van der Waals surface area contributed by atoms with Gasteiger partial charge in [-0.1, -0.05) is 42.5 Å². The number of methoxy groups -OCH3 is 1. The summed E-state index contributed by atoms with van der Waals surface area (Å²) in [4.78, 5) is 17.0. The standard InChI is InChI=1S/C21H22N2O2/c1-23(15-19-7-3-6-17-12-13-22-20(17)19)14-4-5-16-8-10-18(11-9-16)21(24)25-2/h3-13,22H,14-15H2,1-2H3. The van der Waals surface area contributed by atoms with E-state index in [1.54, 1.807) is 12.1 Å². The van der Waals surface area contributed by atoms with Gasteiger partial charge in [-0.25, -0.2) is 4.79 Å². The topological polar surface area (TPSA) is 45.3 Å². The number of carbonyl (C=O) groups is 1. The second-order valence-electron chi connectivity index (χ2n) is 6.07. The third-order valence-electron chi connectivity index (χ3n) is 4.17. The lowest BCUT2D eigenvalue weighted by Gasteiger charge is -2.15. The van der Waals surface area contributed by atoms with Gasteiger partial charge in [0.1, 0.15) is 0 Å². The Morgan fingerprint density at radius 3 is 2.72 bits per heavy atom. The number of nitrogens with zero attached hydrogens (tertiary/aromatic N) is 1. The molecule has 3 rings (SSSR count). The van der Waals surface area contributed by atoms with Crippen molar-refractivity contribution in [1.82, 2.24) is 9.88 Å². The molecule has 0 bridgehead atoms. The summed E-state index contributed by atoms with van der Waals surface area (Å²) in [5.74, 6) is -0.311. The number of nitrogens with one attached hydrogen (secondary N) is 1. The van der Waals surface area contributed by atoms with Gasteiger partial charge in [0.15, 0.2) is 0 Å². The molecule has 1 aromatic heterocycles. The SMILES string of the molecule is COC(=O)c1ccc(C=CCN(C)Cc2cccc3cc[nH]c23)cc1. The molecule has 4 nitrogen and oxygen atoms in total. The summed E-state index contributed by atoms with van der Waals surface area (Å²) in [5.41, 5.74) is 4.13. The first-order chi connectivity index (χ1) is 12.2. The van der Waals surface area contributed by atoms with Crippen molar-refractivity contribution in [2.75, 3.05) is 20.7 Å². The summed E-state index contributed by atoms with van der Waals surface area (Å²) in [5, 5.41) is 1.24. The van der Waals surface area contributed by atoms with Gasteiger partial charge in [0.2, 0.25) is 0 Å². The Morgan fingerprint density at radius 2 is 1.96 bits per heavy atom. The number of rotatable bonds is 6. The van der Waals surface area contributed by atoms with Crippen LogP contribution in [0.4, 0.5) is 0 Å². The summed E-state index contributed by atoms with van der Waals surface area (Å²) in [7, 11) is 3.49. The van der Waals surface area contributed by atoms with Crippen LogP contribution in [0.1, 0.15) is 21.5 Å². The van der Waals surface area contributed by atoms with Crippen LogP contribution in [-0.4, -0.2) is 36.6 Å². The van der Waals surface area contributed by atoms with E-state index in [4.69, 9.17) is 4.74 Å². The number of aromatic nitrogens is 1. The molecule has 0 saturated carbocycles. The normalized spacial score (nSPS) is 11.5. The first-order valence-corrected chi connectivity index (χ1v) is 8.26. The van der Waals surface area contributed by atoms with E-state index >= 15 is 0 Å². The molecule has 2 aromatic carbocycles. The number of ether oxygens (including phenoxy) is 1. The fourth-order valence-corrected chi connectivity index (χ4v) is 2.85. The highest BCUT2D eigenvalue weighted by atomic mass is 16.5. The summed E-state index contributed by atoms with van der Waals surface area (Å²) in [6.07, 6.45) is 6.17. The van der Waals surface area contributed by atoms with Crippen LogP contribution in [0.3, 0.4) is 0 Å². The number of hydrogen-bond acceptors (Lipinski definition) is 3. The van der Waals surface area contributed by atoms with Crippen LogP contribution in [0.15, 0.2) is 60.8 Å². The largest absolute Gasteiger partial charge is 0.465 e. The summed E-state index contributed by atoms with van der Waals surface area (Å²) in [6.45, 7) is 1.72. The number of likely N-dealkylation sites (N-methyl/N-ethyl adjacent to an activating group) is 1. The van der Waals surface area contributed by atoms with Crippen molar-refractivity contribution in [2.24, 2.45) is 0 Å². The second-order valence-corrected chi connectivity index (χ2v) is 6.07.